The highest BCUT2D eigenvalue weighted by atomic mass is 19.2. The zero-order chi connectivity index (χ0) is 27.3. The van der Waals surface area contributed by atoms with Crippen LogP contribution in [0.4, 0.5) is 14.5 Å². The van der Waals surface area contributed by atoms with Crippen LogP contribution in [0.3, 0.4) is 0 Å². The van der Waals surface area contributed by atoms with Crippen molar-refractivity contribution in [2.75, 3.05) is 5.32 Å². The summed E-state index contributed by atoms with van der Waals surface area (Å²) >= 11 is 0. The minimum absolute atomic E-state index is 0.109. The van der Waals surface area contributed by atoms with Crippen LogP contribution in [0.2, 0.25) is 0 Å². The lowest BCUT2D eigenvalue weighted by atomic mass is 9.98. The molecule has 2 heterocycles. The first-order valence-electron chi connectivity index (χ1n) is 11.8. The smallest absolute Gasteiger partial charge is 0.196 e. The number of fused-ring (bicyclic) bond motifs is 2. The molecule has 0 aliphatic carbocycles. The highest BCUT2D eigenvalue weighted by Crippen LogP contribution is 2.34. The van der Waals surface area contributed by atoms with Crippen LogP contribution in [0.15, 0.2) is 63.0 Å². The van der Waals surface area contributed by atoms with E-state index in [2.05, 4.69) is 15.6 Å². The maximum atomic E-state index is 14.6. The van der Waals surface area contributed by atoms with E-state index >= 15 is 0 Å². The molecule has 0 aliphatic rings. The molecule has 0 amide bonds. The van der Waals surface area contributed by atoms with E-state index < -0.39 is 29.1 Å². The molecular formula is C28H25F2N5O3. The molecule has 8 nitrogen and oxygen atoms in total. The second-order valence-electron chi connectivity index (χ2n) is 9.33. The van der Waals surface area contributed by atoms with Crippen molar-refractivity contribution in [2.24, 2.45) is 17.9 Å². The summed E-state index contributed by atoms with van der Waals surface area (Å²) in [7, 11) is 1.84. The summed E-state index contributed by atoms with van der Waals surface area (Å²) in [5.74, 6) is -2.54. The quantitative estimate of drug-likeness (QED) is 0.122. The maximum Gasteiger partial charge on any atom is 0.196 e. The van der Waals surface area contributed by atoms with E-state index in [1.165, 1.54) is 6.07 Å². The number of amidine groups is 1. The van der Waals surface area contributed by atoms with Gasteiger partial charge in [-0.3, -0.25) is 9.48 Å². The van der Waals surface area contributed by atoms with E-state index in [0.29, 0.717) is 27.9 Å². The van der Waals surface area contributed by atoms with Crippen molar-refractivity contribution in [1.82, 2.24) is 9.78 Å². The number of aryl methyl sites for hydroxylation is 2. The monoisotopic (exact) mass is 517 g/mol. The molecule has 10 heteroatoms. The van der Waals surface area contributed by atoms with Crippen molar-refractivity contribution in [3.63, 3.8) is 0 Å². The number of aromatic nitrogens is 2. The van der Waals surface area contributed by atoms with Crippen LogP contribution in [0.25, 0.3) is 33.2 Å². The summed E-state index contributed by atoms with van der Waals surface area (Å²) < 4.78 is 36.6. The average molecular weight is 518 g/mol. The molecule has 5 rings (SSSR count). The summed E-state index contributed by atoms with van der Waals surface area (Å²) in [6.45, 7) is 5.36. The van der Waals surface area contributed by atoms with Gasteiger partial charge >= 0.3 is 0 Å². The van der Waals surface area contributed by atoms with Gasteiger partial charge in [0.25, 0.3) is 0 Å². The number of rotatable bonds is 5. The minimum atomic E-state index is -1.25. The molecule has 0 radical (unpaired) electrons. The van der Waals surface area contributed by atoms with Crippen molar-refractivity contribution in [2.45, 2.75) is 26.8 Å². The van der Waals surface area contributed by atoms with Gasteiger partial charge in [-0.15, -0.1) is 0 Å². The molecule has 0 saturated heterocycles. The second-order valence-corrected chi connectivity index (χ2v) is 9.33. The van der Waals surface area contributed by atoms with Gasteiger partial charge in [-0.2, -0.15) is 5.10 Å². The van der Waals surface area contributed by atoms with Crippen LogP contribution in [0, 0.1) is 25.5 Å². The number of nitrogens with zero attached hydrogens (tertiary/aromatic N) is 3. The summed E-state index contributed by atoms with van der Waals surface area (Å²) in [4.78, 5) is 13.5. The number of oxime groups is 1. The van der Waals surface area contributed by atoms with Gasteiger partial charge in [0.1, 0.15) is 11.3 Å². The Labute approximate surface area is 216 Å². The number of hydrogen-bond acceptors (Lipinski definition) is 6. The molecule has 0 fully saturated rings. The molecule has 0 saturated carbocycles. The second kappa shape index (κ2) is 9.29. The van der Waals surface area contributed by atoms with E-state index in [0.717, 1.165) is 28.1 Å². The van der Waals surface area contributed by atoms with Crippen molar-refractivity contribution < 1.29 is 18.4 Å². The average Bonchev–Trinajstić information content (AvgIpc) is 3.27. The summed E-state index contributed by atoms with van der Waals surface area (Å²) in [6.07, 6.45) is 1.88. The Morgan fingerprint density at radius 1 is 1.18 bits per heavy atom. The number of nitrogens with two attached hydrogens (primary N) is 1. The van der Waals surface area contributed by atoms with Gasteiger partial charge < -0.3 is 20.7 Å². The SMILES string of the molecule is Cc1cc(C(C)Nc2ccc(F)c(F)c2C(N)=NO)c2oc(-c3ccc4nn(C)cc4c3)c(C)c(=O)c2c1. The van der Waals surface area contributed by atoms with Gasteiger partial charge in [0, 0.05) is 41.0 Å². The van der Waals surface area contributed by atoms with Gasteiger partial charge in [-0.1, -0.05) is 11.2 Å². The van der Waals surface area contributed by atoms with E-state index in [1.54, 1.807) is 24.6 Å². The highest BCUT2D eigenvalue weighted by molar-refractivity contribution is 6.02. The summed E-state index contributed by atoms with van der Waals surface area (Å²) in [5.41, 5.74) is 8.99. The van der Waals surface area contributed by atoms with E-state index in [-0.39, 0.29) is 11.1 Å². The third-order valence-electron chi connectivity index (χ3n) is 6.57. The zero-order valence-corrected chi connectivity index (χ0v) is 21.1. The third kappa shape index (κ3) is 4.13. The largest absolute Gasteiger partial charge is 0.455 e. The Morgan fingerprint density at radius 2 is 1.95 bits per heavy atom. The van der Waals surface area contributed by atoms with Crippen LogP contribution < -0.4 is 16.5 Å². The molecular weight excluding hydrogens is 492 g/mol. The van der Waals surface area contributed by atoms with Crippen LogP contribution in [0.1, 0.15) is 35.2 Å². The Hall–Kier alpha value is -4.73. The lowest BCUT2D eigenvalue weighted by Crippen LogP contribution is -2.20. The summed E-state index contributed by atoms with van der Waals surface area (Å²) in [6, 6.07) is 11.0. The minimum Gasteiger partial charge on any atom is -0.455 e. The van der Waals surface area contributed by atoms with Crippen molar-refractivity contribution in [3.8, 4) is 11.3 Å². The first-order chi connectivity index (χ1) is 18.1. The fourth-order valence-electron chi connectivity index (χ4n) is 4.74. The zero-order valence-electron chi connectivity index (χ0n) is 21.1. The molecule has 0 bridgehead atoms. The van der Waals surface area contributed by atoms with Gasteiger partial charge in [0.15, 0.2) is 22.9 Å². The van der Waals surface area contributed by atoms with Crippen LogP contribution in [0.5, 0.6) is 0 Å². The standard InChI is InChI=1S/C28H25F2N5O3/c1-13-9-18(15(3)32-22-8-6-20(29)24(30)23(22)28(31)34-37)27-19(10-13)25(36)14(2)26(38-27)16-5-7-21-17(11-16)12-35(4)33-21/h5-12,15,32,37H,1-4H3,(H2,31,34). The molecule has 0 spiro atoms. The lowest BCUT2D eigenvalue weighted by Gasteiger charge is -2.21. The number of nitrogens with one attached hydrogen (secondary N) is 1. The Bertz CT molecular complexity index is 1820. The first-order valence-corrected chi connectivity index (χ1v) is 11.8. The fourth-order valence-corrected chi connectivity index (χ4v) is 4.74. The van der Waals surface area contributed by atoms with E-state index in [9.17, 15) is 13.6 Å². The fraction of sp³-hybridized carbons (Fsp3) is 0.179. The predicted molar refractivity (Wildman–Crippen MR) is 143 cm³/mol. The van der Waals surface area contributed by atoms with Gasteiger partial charge in [0.2, 0.25) is 0 Å². The number of halogens is 2. The van der Waals surface area contributed by atoms with Crippen molar-refractivity contribution in [1.29, 1.82) is 0 Å². The topological polar surface area (TPSA) is 119 Å². The van der Waals surface area contributed by atoms with Gasteiger partial charge in [0.05, 0.1) is 22.5 Å². The molecule has 2 aromatic heterocycles. The Balaban J connectivity index is 1.67. The third-order valence-corrected chi connectivity index (χ3v) is 6.57. The van der Waals surface area contributed by atoms with Crippen molar-refractivity contribution >= 4 is 33.4 Å². The lowest BCUT2D eigenvalue weighted by molar-refractivity contribution is 0.318. The summed E-state index contributed by atoms with van der Waals surface area (Å²) in [5, 5.41) is 20.7. The first kappa shape index (κ1) is 24.9. The van der Waals surface area contributed by atoms with E-state index in [1.807, 2.05) is 44.4 Å². The van der Waals surface area contributed by atoms with Crippen LogP contribution in [-0.2, 0) is 7.05 Å². The molecule has 194 valence electrons. The van der Waals surface area contributed by atoms with Gasteiger partial charge in [-0.05, 0) is 62.7 Å². The predicted octanol–water partition coefficient (Wildman–Crippen LogP) is 5.51. The number of anilines is 1. The molecule has 1 atom stereocenters. The maximum absolute atomic E-state index is 14.6. The van der Waals surface area contributed by atoms with Crippen LogP contribution >= 0.6 is 0 Å². The normalized spacial score (nSPS) is 12.8. The van der Waals surface area contributed by atoms with Crippen LogP contribution in [-0.4, -0.2) is 20.8 Å². The highest BCUT2D eigenvalue weighted by Gasteiger charge is 2.22. The molecule has 38 heavy (non-hydrogen) atoms. The van der Waals surface area contributed by atoms with Crippen molar-refractivity contribution in [3.05, 3.63) is 92.8 Å². The number of hydrogen-bond donors (Lipinski definition) is 3. The number of benzene rings is 3. The molecule has 0 aliphatic heterocycles. The van der Waals surface area contributed by atoms with Gasteiger partial charge in [-0.25, -0.2) is 8.78 Å². The molecule has 1 unspecified atom stereocenters. The molecule has 3 aromatic carbocycles. The Morgan fingerprint density at radius 3 is 2.68 bits per heavy atom. The Kier molecular flexibility index (Phi) is 6.10. The molecule has 5 aromatic rings. The van der Waals surface area contributed by atoms with E-state index in [4.69, 9.17) is 15.4 Å². The molecule has 4 N–H and O–H groups in total.